The van der Waals surface area contributed by atoms with Gasteiger partial charge in [-0.15, -0.1) is 0 Å². The molecule has 74 valence electrons. The average molecular weight is 188 g/mol. The van der Waals surface area contributed by atoms with E-state index >= 15 is 0 Å². The number of H-pyrrole nitrogens is 1. The molecule has 0 atom stereocenters. The zero-order chi connectivity index (χ0) is 10.2. The smallest absolute Gasteiger partial charge is 0.0673 e. The van der Waals surface area contributed by atoms with E-state index in [1.165, 1.54) is 16.6 Å². The van der Waals surface area contributed by atoms with Crippen molar-refractivity contribution in [3.05, 3.63) is 30.2 Å². The average Bonchev–Trinajstić information content (AvgIpc) is 2.49. The molecule has 0 aliphatic heterocycles. The van der Waals surface area contributed by atoms with E-state index < -0.39 is 0 Å². The first-order valence-corrected chi connectivity index (χ1v) is 4.97. The van der Waals surface area contributed by atoms with Gasteiger partial charge in [-0.3, -0.25) is 4.98 Å². The van der Waals surface area contributed by atoms with Crippen LogP contribution in [-0.4, -0.2) is 9.97 Å². The minimum absolute atomic E-state index is 0.284. The Morgan fingerprint density at radius 1 is 1.29 bits per heavy atom. The van der Waals surface area contributed by atoms with E-state index in [9.17, 15) is 0 Å². The summed E-state index contributed by atoms with van der Waals surface area (Å²) < 4.78 is 0. The summed E-state index contributed by atoms with van der Waals surface area (Å²) in [5.41, 5.74) is 2.63. The Bertz CT molecular complexity index is 435. The van der Waals surface area contributed by atoms with Gasteiger partial charge in [0.2, 0.25) is 0 Å². The maximum Gasteiger partial charge on any atom is 0.0673 e. The van der Waals surface area contributed by atoms with E-state index in [0.717, 1.165) is 6.42 Å². The summed E-state index contributed by atoms with van der Waals surface area (Å²) in [5, 5.41) is 1.25. The van der Waals surface area contributed by atoms with E-state index in [0.29, 0.717) is 0 Å². The van der Waals surface area contributed by atoms with Crippen molar-refractivity contribution in [2.45, 2.75) is 27.2 Å². The predicted molar refractivity (Wildman–Crippen MR) is 59.3 cm³/mol. The highest BCUT2D eigenvalue weighted by Gasteiger charge is 2.14. The molecule has 0 unspecified atom stereocenters. The first-order valence-electron chi connectivity index (χ1n) is 4.97. The lowest BCUT2D eigenvalue weighted by atomic mass is 9.90. The van der Waals surface area contributed by atoms with Gasteiger partial charge in [0.05, 0.1) is 11.2 Å². The SMILES string of the molecule is CC(C)(C)Cc1nccc2cc[nH]c12. The summed E-state index contributed by atoms with van der Waals surface area (Å²) >= 11 is 0. The van der Waals surface area contributed by atoms with E-state index in [4.69, 9.17) is 0 Å². The lowest BCUT2D eigenvalue weighted by molar-refractivity contribution is 0.408. The van der Waals surface area contributed by atoms with Crippen molar-refractivity contribution in [3.63, 3.8) is 0 Å². The molecule has 0 aromatic carbocycles. The summed E-state index contributed by atoms with van der Waals surface area (Å²) in [6.07, 6.45) is 4.86. The Kier molecular flexibility index (Phi) is 2.06. The van der Waals surface area contributed by atoms with Crippen LogP contribution < -0.4 is 0 Å². The van der Waals surface area contributed by atoms with Gasteiger partial charge in [0.1, 0.15) is 0 Å². The summed E-state index contributed by atoms with van der Waals surface area (Å²) in [6.45, 7) is 6.70. The zero-order valence-electron chi connectivity index (χ0n) is 8.96. The molecule has 2 aromatic heterocycles. The fourth-order valence-electron chi connectivity index (χ4n) is 1.68. The maximum absolute atomic E-state index is 4.43. The van der Waals surface area contributed by atoms with Crippen molar-refractivity contribution in [1.29, 1.82) is 0 Å². The molecule has 0 saturated carbocycles. The molecular formula is C12H16N2. The van der Waals surface area contributed by atoms with Crippen molar-refractivity contribution >= 4 is 10.9 Å². The number of pyridine rings is 1. The van der Waals surface area contributed by atoms with Gasteiger partial charge in [0, 0.05) is 17.8 Å². The number of fused-ring (bicyclic) bond motifs is 1. The number of nitrogens with one attached hydrogen (secondary N) is 1. The quantitative estimate of drug-likeness (QED) is 0.731. The molecule has 0 fully saturated rings. The molecule has 0 aliphatic carbocycles. The fraction of sp³-hybridized carbons (Fsp3) is 0.417. The molecule has 2 rings (SSSR count). The van der Waals surface area contributed by atoms with E-state index in [2.05, 4.69) is 36.8 Å². The number of hydrogen-bond acceptors (Lipinski definition) is 1. The monoisotopic (exact) mass is 188 g/mol. The normalized spacial score (nSPS) is 12.2. The topological polar surface area (TPSA) is 28.7 Å². The van der Waals surface area contributed by atoms with Gasteiger partial charge in [-0.1, -0.05) is 20.8 Å². The van der Waals surface area contributed by atoms with Crippen molar-refractivity contribution < 1.29 is 0 Å². The summed E-state index contributed by atoms with van der Waals surface area (Å²) in [6, 6.07) is 4.13. The third kappa shape index (κ3) is 1.79. The summed E-state index contributed by atoms with van der Waals surface area (Å²) in [5.74, 6) is 0. The second-order valence-electron chi connectivity index (χ2n) is 4.94. The number of rotatable bonds is 1. The lowest BCUT2D eigenvalue weighted by Crippen LogP contribution is -2.10. The van der Waals surface area contributed by atoms with Crippen LogP contribution in [0.3, 0.4) is 0 Å². The van der Waals surface area contributed by atoms with Crippen LogP contribution in [0.25, 0.3) is 10.9 Å². The highest BCUT2D eigenvalue weighted by atomic mass is 14.8. The standard InChI is InChI=1S/C12H16N2/c1-12(2,3)8-10-11-9(4-6-13-10)5-7-14-11/h4-7,14H,8H2,1-3H3. The Morgan fingerprint density at radius 2 is 2.07 bits per heavy atom. The number of aromatic nitrogens is 2. The van der Waals surface area contributed by atoms with E-state index in [1.807, 2.05) is 18.5 Å². The van der Waals surface area contributed by atoms with Crippen LogP contribution >= 0.6 is 0 Å². The van der Waals surface area contributed by atoms with Crippen molar-refractivity contribution in [2.24, 2.45) is 5.41 Å². The molecule has 1 N–H and O–H groups in total. The molecule has 2 aromatic rings. The van der Waals surface area contributed by atoms with Gasteiger partial charge >= 0.3 is 0 Å². The first-order chi connectivity index (χ1) is 6.56. The highest BCUT2D eigenvalue weighted by Crippen LogP contribution is 2.23. The van der Waals surface area contributed by atoms with Gasteiger partial charge in [0.25, 0.3) is 0 Å². The predicted octanol–water partition coefficient (Wildman–Crippen LogP) is 3.15. The first kappa shape index (κ1) is 9.25. The van der Waals surface area contributed by atoms with Crippen LogP contribution in [0.2, 0.25) is 0 Å². The van der Waals surface area contributed by atoms with Crippen molar-refractivity contribution in [3.8, 4) is 0 Å². The van der Waals surface area contributed by atoms with Crippen molar-refractivity contribution in [1.82, 2.24) is 9.97 Å². The van der Waals surface area contributed by atoms with Crippen LogP contribution in [-0.2, 0) is 6.42 Å². The Labute approximate surface area is 84.4 Å². The van der Waals surface area contributed by atoms with Gasteiger partial charge in [-0.05, 0) is 24.0 Å². The Morgan fingerprint density at radius 3 is 2.79 bits per heavy atom. The molecule has 0 bridgehead atoms. The van der Waals surface area contributed by atoms with Gasteiger partial charge in [0.15, 0.2) is 0 Å². The third-order valence-electron chi connectivity index (χ3n) is 2.25. The second-order valence-corrected chi connectivity index (χ2v) is 4.94. The second kappa shape index (κ2) is 3.12. The largest absolute Gasteiger partial charge is 0.360 e. The van der Waals surface area contributed by atoms with E-state index in [1.54, 1.807) is 0 Å². The number of aromatic amines is 1. The Balaban J connectivity index is 2.46. The van der Waals surface area contributed by atoms with E-state index in [-0.39, 0.29) is 5.41 Å². The van der Waals surface area contributed by atoms with Crippen LogP contribution in [0, 0.1) is 5.41 Å². The van der Waals surface area contributed by atoms with Crippen LogP contribution in [0.15, 0.2) is 24.5 Å². The number of hydrogen-bond donors (Lipinski definition) is 1. The fourth-order valence-corrected chi connectivity index (χ4v) is 1.68. The van der Waals surface area contributed by atoms with Gasteiger partial charge in [-0.25, -0.2) is 0 Å². The molecule has 0 aliphatic rings. The molecular weight excluding hydrogens is 172 g/mol. The van der Waals surface area contributed by atoms with Crippen LogP contribution in [0.1, 0.15) is 26.5 Å². The molecule has 0 radical (unpaired) electrons. The number of nitrogens with zero attached hydrogens (tertiary/aromatic N) is 1. The maximum atomic E-state index is 4.43. The Hall–Kier alpha value is -1.31. The van der Waals surface area contributed by atoms with Gasteiger partial charge in [-0.2, -0.15) is 0 Å². The summed E-state index contributed by atoms with van der Waals surface area (Å²) in [7, 11) is 0. The highest BCUT2D eigenvalue weighted by molar-refractivity contribution is 5.81. The molecule has 2 nitrogen and oxygen atoms in total. The molecule has 14 heavy (non-hydrogen) atoms. The minimum atomic E-state index is 0.284. The molecule has 0 spiro atoms. The third-order valence-corrected chi connectivity index (χ3v) is 2.25. The molecule has 0 saturated heterocycles. The lowest BCUT2D eigenvalue weighted by Gasteiger charge is -2.17. The van der Waals surface area contributed by atoms with Crippen LogP contribution in [0.4, 0.5) is 0 Å². The van der Waals surface area contributed by atoms with Crippen molar-refractivity contribution in [2.75, 3.05) is 0 Å². The molecule has 0 amide bonds. The van der Waals surface area contributed by atoms with Gasteiger partial charge < -0.3 is 4.98 Å². The summed E-state index contributed by atoms with van der Waals surface area (Å²) in [4.78, 5) is 7.68. The molecule has 2 heterocycles. The zero-order valence-corrected chi connectivity index (χ0v) is 8.96. The van der Waals surface area contributed by atoms with Crippen LogP contribution in [0.5, 0.6) is 0 Å². The minimum Gasteiger partial charge on any atom is -0.360 e. The molecule has 2 heteroatoms.